The van der Waals surface area contributed by atoms with E-state index in [4.69, 9.17) is 21.1 Å². The van der Waals surface area contributed by atoms with Gasteiger partial charge in [0.15, 0.2) is 0 Å². The third-order valence-corrected chi connectivity index (χ3v) is 6.08. The largest absolute Gasteiger partial charge is 0.492 e. The third-order valence-electron chi connectivity index (χ3n) is 5.78. The third kappa shape index (κ3) is 5.03. The van der Waals surface area contributed by atoms with Gasteiger partial charge in [0, 0.05) is 49.5 Å². The van der Waals surface area contributed by atoms with Crippen molar-refractivity contribution in [1.29, 1.82) is 0 Å². The minimum atomic E-state index is -0.556. The number of rotatable bonds is 7. The molecule has 0 spiro atoms. The monoisotopic (exact) mass is 486 g/mol. The number of carbonyl (C=O) groups excluding carboxylic acids is 1. The molecule has 9 heteroatoms. The first-order valence-corrected chi connectivity index (χ1v) is 11.7. The smallest absolute Gasteiger partial charge is 0.341 e. The van der Waals surface area contributed by atoms with Gasteiger partial charge in [0.25, 0.3) is 0 Å². The topological polar surface area (TPSA) is 66.9 Å². The maximum Gasteiger partial charge on any atom is 0.341 e. The Bertz CT molecular complexity index is 1200. The highest BCUT2D eigenvalue weighted by Crippen LogP contribution is 2.38. The number of likely N-dealkylation sites (N-methyl/N-ethyl adjacent to an activating group) is 1. The van der Waals surface area contributed by atoms with E-state index in [0.717, 1.165) is 37.6 Å². The molecule has 1 aliphatic rings. The predicted octanol–water partition coefficient (Wildman–Crippen LogP) is 5.10. The van der Waals surface area contributed by atoms with Gasteiger partial charge in [-0.05, 0) is 45.2 Å². The number of aromatic nitrogens is 1. The molecule has 0 amide bonds. The first kappa shape index (κ1) is 24.0. The van der Waals surface area contributed by atoms with Crippen LogP contribution in [0.1, 0.15) is 24.2 Å². The van der Waals surface area contributed by atoms with Crippen LogP contribution in [0.15, 0.2) is 36.5 Å². The molecule has 1 N–H and O–H groups in total. The summed E-state index contributed by atoms with van der Waals surface area (Å²) in [5, 5.41) is 3.93. The van der Waals surface area contributed by atoms with Crippen LogP contribution < -0.4 is 15.0 Å². The fraction of sp³-hybridized carbons (Fsp3) is 0.360. The van der Waals surface area contributed by atoms with Gasteiger partial charge in [-0.2, -0.15) is 0 Å². The van der Waals surface area contributed by atoms with Crippen molar-refractivity contribution in [3.63, 3.8) is 0 Å². The molecular weight excluding hydrogens is 459 g/mol. The Hall–Kier alpha value is -3.10. The van der Waals surface area contributed by atoms with Gasteiger partial charge in [0.2, 0.25) is 0 Å². The van der Waals surface area contributed by atoms with Crippen molar-refractivity contribution < 1.29 is 18.7 Å². The molecule has 7 nitrogen and oxygen atoms in total. The van der Waals surface area contributed by atoms with Crippen molar-refractivity contribution in [1.82, 2.24) is 9.88 Å². The van der Waals surface area contributed by atoms with Crippen LogP contribution in [0.3, 0.4) is 0 Å². The van der Waals surface area contributed by atoms with Crippen molar-refractivity contribution in [2.24, 2.45) is 0 Å². The average Bonchev–Trinajstić information content (AvgIpc) is 2.82. The van der Waals surface area contributed by atoms with Crippen LogP contribution in [0.2, 0.25) is 5.02 Å². The van der Waals surface area contributed by atoms with Crippen molar-refractivity contribution in [3.05, 3.63) is 52.9 Å². The number of nitrogens with one attached hydrogen (secondary N) is 1. The molecule has 1 aromatic heterocycles. The zero-order valence-corrected chi connectivity index (χ0v) is 20.3. The molecule has 2 aromatic carbocycles. The van der Waals surface area contributed by atoms with E-state index in [9.17, 15) is 9.18 Å². The highest BCUT2D eigenvalue weighted by Gasteiger charge is 2.23. The highest BCUT2D eigenvalue weighted by atomic mass is 35.5. The zero-order chi connectivity index (χ0) is 24.2. The quantitative estimate of drug-likeness (QED) is 0.466. The predicted molar refractivity (Wildman–Crippen MR) is 133 cm³/mol. The lowest BCUT2D eigenvalue weighted by Crippen LogP contribution is -2.44. The summed E-state index contributed by atoms with van der Waals surface area (Å²) < 4.78 is 25.4. The van der Waals surface area contributed by atoms with Gasteiger partial charge in [-0.25, -0.2) is 9.18 Å². The Morgan fingerprint density at radius 3 is 2.59 bits per heavy atom. The first-order chi connectivity index (χ1) is 16.4. The maximum absolute atomic E-state index is 14.1. The molecule has 0 bridgehead atoms. The molecule has 4 rings (SSSR count). The standard InChI is InChI=1S/C25H28ClFN4O3/c1-4-33-23-14-21-17(13-22(23)31-10-8-30(3)9-11-31)24(18(15-28-21)25(32)34-5-2)29-16-6-7-19(26)20(27)12-16/h6-7,12-15H,4-5,8-11H2,1-3H3,(H,28,29). The van der Waals surface area contributed by atoms with E-state index in [1.807, 2.05) is 19.1 Å². The van der Waals surface area contributed by atoms with Gasteiger partial charge >= 0.3 is 5.97 Å². The molecule has 3 aromatic rings. The normalized spacial score (nSPS) is 14.3. The SMILES string of the molecule is CCOC(=O)c1cnc2cc(OCC)c(N3CCN(C)CC3)cc2c1Nc1ccc(Cl)c(F)c1. The Morgan fingerprint density at radius 1 is 1.15 bits per heavy atom. The van der Waals surface area contributed by atoms with E-state index >= 15 is 0 Å². The second kappa shape index (κ2) is 10.4. The zero-order valence-electron chi connectivity index (χ0n) is 19.5. The molecule has 0 aliphatic carbocycles. The summed E-state index contributed by atoms with van der Waals surface area (Å²) in [5.74, 6) is -0.331. The van der Waals surface area contributed by atoms with Gasteiger partial charge in [-0.1, -0.05) is 11.6 Å². The average molecular weight is 487 g/mol. The van der Waals surface area contributed by atoms with Crippen LogP contribution in [0.5, 0.6) is 5.75 Å². The number of fused-ring (bicyclic) bond motifs is 1. The number of piperazine rings is 1. The second-order valence-electron chi connectivity index (χ2n) is 8.08. The number of halogens is 2. The molecule has 34 heavy (non-hydrogen) atoms. The van der Waals surface area contributed by atoms with Crippen molar-refractivity contribution in [2.75, 3.05) is 56.7 Å². The number of ether oxygens (including phenoxy) is 2. The van der Waals surface area contributed by atoms with Gasteiger partial charge < -0.3 is 24.6 Å². The molecular formula is C25H28ClFN4O3. The van der Waals surface area contributed by atoms with E-state index < -0.39 is 11.8 Å². The minimum absolute atomic E-state index is 0.0226. The summed E-state index contributed by atoms with van der Waals surface area (Å²) in [6.45, 7) is 7.98. The van der Waals surface area contributed by atoms with Gasteiger partial charge in [0.05, 0.1) is 35.1 Å². The summed E-state index contributed by atoms with van der Waals surface area (Å²) in [4.78, 5) is 21.8. The van der Waals surface area contributed by atoms with Crippen molar-refractivity contribution >= 4 is 45.5 Å². The Balaban J connectivity index is 1.88. The summed E-state index contributed by atoms with van der Waals surface area (Å²) >= 11 is 5.86. The summed E-state index contributed by atoms with van der Waals surface area (Å²) in [6.07, 6.45) is 1.47. The van der Waals surface area contributed by atoms with Gasteiger partial charge in [-0.3, -0.25) is 4.98 Å². The van der Waals surface area contributed by atoms with Crippen LogP contribution in [0.25, 0.3) is 10.9 Å². The number of anilines is 3. The number of pyridine rings is 1. The van der Waals surface area contributed by atoms with E-state index in [2.05, 4.69) is 27.1 Å². The fourth-order valence-corrected chi connectivity index (χ4v) is 4.11. The minimum Gasteiger partial charge on any atom is -0.492 e. The van der Waals surface area contributed by atoms with E-state index in [-0.39, 0.29) is 17.2 Å². The molecule has 0 unspecified atom stereocenters. The van der Waals surface area contributed by atoms with E-state index in [0.29, 0.717) is 28.9 Å². The van der Waals surface area contributed by atoms with E-state index in [1.165, 1.54) is 18.3 Å². The van der Waals surface area contributed by atoms with Crippen molar-refractivity contribution in [3.8, 4) is 5.75 Å². The number of benzene rings is 2. The van der Waals surface area contributed by atoms with Crippen LogP contribution in [0.4, 0.5) is 21.5 Å². The summed E-state index contributed by atoms with van der Waals surface area (Å²) in [5.41, 5.74) is 2.78. The lowest BCUT2D eigenvalue weighted by Gasteiger charge is -2.35. The Labute approximate surface area is 203 Å². The van der Waals surface area contributed by atoms with Gasteiger partial charge in [-0.15, -0.1) is 0 Å². The second-order valence-corrected chi connectivity index (χ2v) is 8.49. The molecule has 0 saturated carbocycles. The van der Waals surface area contributed by atoms with Crippen molar-refractivity contribution in [2.45, 2.75) is 13.8 Å². The molecule has 180 valence electrons. The van der Waals surface area contributed by atoms with Crippen LogP contribution >= 0.6 is 11.6 Å². The fourth-order valence-electron chi connectivity index (χ4n) is 3.99. The van der Waals surface area contributed by atoms with Crippen LogP contribution in [-0.2, 0) is 4.74 Å². The molecule has 0 radical (unpaired) electrons. The summed E-state index contributed by atoms with van der Waals surface area (Å²) in [7, 11) is 2.10. The lowest BCUT2D eigenvalue weighted by atomic mass is 10.1. The van der Waals surface area contributed by atoms with Gasteiger partial charge in [0.1, 0.15) is 17.1 Å². The maximum atomic E-state index is 14.1. The molecule has 1 aliphatic heterocycles. The number of hydrogen-bond acceptors (Lipinski definition) is 7. The Morgan fingerprint density at radius 2 is 1.91 bits per heavy atom. The van der Waals surface area contributed by atoms with Crippen LogP contribution in [-0.4, -0.2) is 62.3 Å². The summed E-state index contributed by atoms with van der Waals surface area (Å²) in [6, 6.07) is 8.28. The number of carbonyl (C=O) groups is 1. The molecule has 2 heterocycles. The van der Waals surface area contributed by atoms with E-state index in [1.54, 1.807) is 13.0 Å². The molecule has 0 atom stereocenters. The first-order valence-electron chi connectivity index (χ1n) is 11.3. The number of nitrogens with zero attached hydrogens (tertiary/aromatic N) is 3. The number of hydrogen-bond donors (Lipinski definition) is 1. The van der Waals surface area contributed by atoms with Crippen LogP contribution in [0, 0.1) is 5.82 Å². The highest BCUT2D eigenvalue weighted by molar-refractivity contribution is 6.30. The molecule has 1 saturated heterocycles. The number of esters is 1. The molecule has 1 fully saturated rings. The lowest BCUT2D eigenvalue weighted by molar-refractivity contribution is 0.0527. The Kier molecular flexibility index (Phi) is 7.38.